The van der Waals surface area contributed by atoms with Crippen LogP contribution in [0.15, 0.2) is 39.9 Å². The second-order valence-electron chi connectivity index (χ2n) is 4.00. The van der Waals surface area contributed by atoms with Crippen LogP contribution < -0.4 is 5.73 Å². The number of rotatable bonds is 3. The van der Waals surface area contributed by atoms with Gasteiger partial charge in [-0.3, -0.25) is 0 Å². The molecule has 0 spiro atoms. The molecule has 2 aromatic heterocycles. The maximum Gasteiger partial charge on any atom is 0.263 e. The summed E-state index contributed by atoms with van der Waals surface area (Å²) in [5.74, 6) is 1.24. The van der Waals surface area contributed by atoms with Crippen molar-refractivity contribution in [2.45, 2.75) is 0 Å². The molecule has 3 rings (SSSR count). The molecule has 106 valence electrons. The van der Waals surface area contributed by atoms with Gasteiger partial charge in [-0.25, -0.2) is 0 Å². The number of hydrogen-bond donors (Lipinski definition) is 1. The van der Waals surface area contributed by atoms with E-state index in [1.807, 2.05) is 6.07 Å². The van der Waals surface area contributed by atoms with Gasteiger partial charge in [0.2, 0.25) is 0 Å². The van der Waals surface area contributed by atoms with Crippen LogP contribution in [0.25, 0.3) is 11.3 Å². The van der Waals surface area contributed by atoms with Crippen LogP contribution in [0.5, 0.6) is 0 Å². The van der Waals surface area contributed by atoms with Gasteiger partial charge in [0, 0.05) is 5.56 Å². The minimum absolute atomic E-state index is 0.0857. The quantitative estimate of drug-likeness (QED) is 0.748. The van der Waals surface area contributed by atoms with Gasteiger partial charge in [0.1, 0.15) is 11.5 Å². The summed E-state index contributed by atoms with van der Waals surface area (Å²) in [6.45, 7) is 0. The number of hydrogen-bond acceptors (Lipinski definition) is 6. The van der Waals surface area contributed by atoms with E-state index < -0.39 is 0 Å². The molecule has 0 unspecified atom stereocenters. The van der Waals surface area contributed by atoms with E-state index in [4.69, 9.17) is 33.4 Å². The Balaban J connectivity index is 1.84. The summed E-state index contributed by atoms with van der Waals surface area (Å²) in [7, 11) is 0. The zero-order valence-corrected chi connectivity index (χ0v) is 12.0. The molecule has 2 N–H and O–H groups in total. The summed E-state index contributed by atoms with van der Waals surface area (Å²) in [6, 6.07) is 8.79. The van der Waals surface area contributed by atoms with Crippen LogP contribution >= 0.6 is 23.2 Å². The lowest BCUT2D eigenvalue weighted by atomic mass is 10.2. The topological polar surface area (TPSA) is 95.1 Å². The molecule has 21 heavy (non-hydrogen) atoms. The van der Waals surface area contributed by atoms with E-state index in [1.165, 1.54) is 6.21 Å². The van der Waals surface area contributed by atoms with Crippen LogP contribution in [0.3, 0.4) is 0 Å². The van der Waals surface area contributed by atoms with Crippen molar-refractivity contribution < 1.29 is 4.42 Å². The Bertz CT molecular complexity index is 810. The van der Waals surface area contributed by atoms with Crippen molar-refractivity contribution >= 4 is 35.4 Å². The number of anilines is 1. The van der Waals surface area contributed by atoms with Crippen molar-refractivity contribution in [3.05, 3.63) is 46.1 Å². The smallest absolute Gasteiger partial charge is 0.263 e. The first-order chi connectivity index (χ1) is 10.1. The highest BCUT2D eigenvalue weighted by molar-refractivity contribution is 6.42. The van der Waals surface area contributed by atoms with E-state index in [0.29, 0.717) is 21.6 Å². The molecule has 0 saturated heterocycles. The molecule has 0 atom stereocenters. The summed E-state index contributed by atoms with van der Waals surface area (Å²) in [5.41, 5.74) is 6.30. The van der Waals surface area contributed by atoms with Crippen molar-refractivity contribution in [3.8, 4) is 11.3 Å². The Morgan fingerprint density at radius 2 is 2.05 bits per heavy atom. The Morgan fingerprint density at radius 1 is 1.19 bits per heavy atom. The summed E-state index contributed by atoms with van der Waals surface area (Å²) in [4.78, 5) is 1.08. The van der Waals surface area contributed by atoms with Crippen molar-refractivity contribution in [1.82, 2.24) is 20.3 Å². The fraction of sp³-hybridized carbons (Fsp3) is 0. The zero-order chi connectivity index (χ0) is 14.8. The molecule has 0 saturated carbocycles. The molecule has 0 aliphatic heterocycles. The molecule has 0 radical (unpaired) electrons. The van der Waals surface area contributed by atoms with Crippen molar-refractivity contribution in [2.75, 3.05) is 5.73 Å². The Hall–Kier alpha value is -2.38. The Labute approximate surface area is 129 Å². The highest BCUT2D eigenvalue weighted by Crippen LogP contribution is 2.29. The van der Waals surface area contributed by atoms with Crippen LogP contribution in [-0.4, -0.2) is 26.5 Å². The number of tetrazole rings is 1. The molecule has 0 fully saturated rings. The lowest BCUT2D eigenvalue weighted by Crippen LogP contribution is -1.99. The third-order valence-electron chi connectivity index (χ3n) is 2.60. The first kappa shape index (κ1) is 13.6. The maximum absolute atomic E-state index is 5.98. The SMILES string of the molecule is Nc1nnnn1/N=C/c1ccc(-c2ccc(Cl)c(Cl)c2)o1. The standard InChI is InChI=1S/C12H8Cl2N6O/c13-9-3-1-7(5-10(9)14)11-4-2-8(21-11)6-16-20-12(15)17-18-19-20/h1-6H,(H2,15,17,19)/b16-6+. The van der Waals surface area contributed by atoms with E-state index >= 15 is 0 Å². The predicted molar refractivity (Wildman–Crippen MR) is 79.4 cm³/mol. The number of nitrogen functional groups attached to an aromatic ring is 1. The number of nitrogens with zero attached hydrogens (tertiary/aromatic N) is 5. The van der Waals surface area contributed by atoms with Gasteiger partial charge >= 0.3 is 0 Å². The van der Waals surface area contributed by atoms with Gasteiger partial charge in [-0.2, -0.15) is 5.10 Å². The second kappa shape index (κ2) is 5.55. The molecule has 1 aromatic carbocycles. The van der Waals surface area contributed by atoms with Gasteiger partial charge in [-0.1, -0.05) is 33.1 Å². The van der Waals surface area contributed by atoms with Gasteiger partial charge < -0.3 is 10.2 Å². The second-order valence-corrected chi connectivity index (χ2v) is 4.82. The van der Waals surface area contributed by atoms with E-state index in [-0.39, 0.29) is 5.95 Å². The molecule has 3 aromatic rings. The van der Waals surface area contributed by atoms with Crippen LogP contribution in [0, 0.1) is 0 Å². The first-order valence-corrected chi connectivity index (χ1v) is 6.52. The molecule has 0 aliphatic carbocycles. The van der Waals surface area contributed by atoms with Crippen molar-refractivity contribution in [1.29, 1.82) is 0 Å². The summed E-state index contributed by atoms with van der Waals surface area (Å²) < 4.78 is 5.63. The summed E-state index contributed by atoms with van der Waals surface area (Å²) in [5, 5.41) is 15.4. The monoisotopic (exact) mass is 322 g/mol. The molecule has 0 amide bonds. The summed E-state index contributed by atoms with van der Waals surface area (Å²) >= 11 is 11.9. The number of benzene rings is 1. The van der Waals surface area contributed by atoms with E-state index in [1.54, 1.807) is 24.3 Å². The van der Waals surface area contributed by atoms with Crippen LogP contribution in [-0.2, 0) is 0 Å². The lowest BCUT2D eigenvalue weighted by Gasteiger charge is -1.99. The fourth-order valence-electron chi connectivity index (χ4n) is 1.61. The minimum Gasteiger partial charge on any atom is -0.455 e. The zero-order valence-electron chi connectivity index (χ0n) is 10.4. The first-order valence-electron chi connectivity index (χ1n) is 5.77. The molecule has 9 heteroatoms. The van der Waals surface area contributed by atoms with Crippen LogP contribution in [0.4, 0.5) is 5.95 Å². The number of furan rings is 1. The van der Waals surface area contributed by atoms with Gasteiger partial charge in [-0.15, -0.1) is 0 Å². The molecule has 0 bridgehead atoms. The van der Waals surface area contributed by atoms with E-state index in [0.717, 1.165) is 10.4 Å². The van der Waals surface area contributed by atoms with Gasteiger partial charge in [-0.05, 0) is 40.8 Å². The van der Waals surface area contributed by atoms with Crippen LogP contribution in [0.1, 0.15) is 5.76 Å². The Morgan fingerprint density at radius 3 is 2.76 bits per heavy atom. The minimum atomic E-state index is 0.0857. The average molecular weight is 323 g/mol. The molecule has 7 nitrogen and oxygen atoms in total. The largest absolute Gasteiger partial charge is 0.455 e. The van der Waals surface area contributed by atoms with E-state index in [9.17, 15) is 0 Å². The predicted octanol–water partition coefficient (Wildman–Crippen LogP) is 2.70. The molecular weight excluding hydrogens is 315 g/mol. The number of aromatic nitrogens is 4. The van der Waals surface area contributed by atoms with Crippen LogP contribution in [0.2, 0.25) is 10.0 Å². The molecular formula is C12H8Cl2N6O. The summed E-state index contributed by atoms with van der Waals surface area (Å²) in [6.07, 6.45) is 1.45. The lowest BCUT2D eigenvalue weighted by molar-refractivity contribution is 0.573. The molecule has 0 aliphatic rings. The highest BCUT2D eigenvalue weighted by Gasteiger charge is 2.06. The average Bonchev–Trinajstić information content (AvgIpc) is 3.09. The van der Waals surface area contributed by atoms with Gasteiger partial charge in [0.05, 0.1) is 16.3 Å². The normalized spacial score (nSPS) is 11.3. The van der Waals surface area contributed by atoms with Crippen molar-refractivity contribution in [3.63, 3.8) is 0 Å². The van der Waals surface area contributed by atoms with Crippen molar-refractivity contribution in [2.24, 2.45) is 5.10 Å². The number of halogens is 2. The molecule has 2 heterocycles. The van der Waals surface area contributed by atoms with Gasteiger partial charge in [0.25, 0.3) is 5.95 Å². The highest BCUT2D eigenvalue weighted by atomic mass is 35.5. The van der Waals surface area contributed by atoms with Gasteiger partial charge in [0.15, 0.2) is 0 Å². The Kier molecular flexibility index (Phi) is 3.59. The maximum atomic E-state index is 5.98. The van der Waals surface area contributed by atoms with E-state index in [2.05, 4.69) is 20.6 Å². The fourth-order valence-corrected chi connectivity index (χ4v) is 1.91. The third-order valence-corrected chi connectivity index (χ3v) is 3.34. The third kappa shape index (κ3) is 2.88. The number of nitrogens with two attached hydrogens (primary N) is 1.